The highest BCUT2D eigenvalue weighted by Crippen LogP contribution is 2.24. The molecule has 138 valence electrons. The molecule has 0 saturated carbocycles. The topological polar surface area (TPSA) is 78.0 Å². The number of amides is 2. The summed E-state index contributed by atoms with van der Waals surface area (Å²) < 4.78 is 23.4. The van der Waals surface area contributed by atoms with E-state index in [-0.39, 0.29) is 41.7 Å². The lowest BCUT2D eigenvalue weighted by atomic mass is 10.1. The monoisotopic (exact) mass is 359 g/mol. The van der Waals surface area contributed by atoms with Gasteiger partial charge in [0.2, 0.25) is 11.8 Å². The van der Waals surface area contributed by atoms with Crippen LogP contribution in [0.5, 0.6) is 0 Å². The molecule has 0 aromatic rings. The van der Waals surface area contributed by atoms with Gasteiger partial charge in [-0.25, -0.2) is 8.42 Å². The van der Waals surface area contributed by atoms with Crippen LogP contribution < -0.4 is 0 Å². The summed E-state index contributed by atoms with van der Waals surface area (Å²) in [5.74, 6) is -0.160. The first kappa shape index (κ1) is 19.2. The summed E-state index contributed by atoms with van der Waals surface area (Å²) in [6.45, 7) is 4.40. The predicted molar refractivity (Wildman–Crippen MR) is 92.3 cm³/mol. The molecule has 0 aliphatic carbocycles. The molecule has 0 aromatic carbocycles. The summed E-state index contributed by atoms with van der Waals surface area (Å²) >= 11 is 0. The van der Waals surface area contributed by atoms with Gasteiger partial charge in [-0.3, -0.25) is 9.59 Å². The van der Waals surface area contributed by atoms with Crippen molar-refractivity contribution in [1.82, 2.24) is 14.7 Å². The Morgan fingerprint density at radius 1 is 1.33 bits per heavy atom. The van der Waals surface area contributed by atoms with Crippen molar-refractivity contribution in [2.45, 2.75) is 32.2 Å². The van der Waals surface area contributed by atoms with Gasteiger partial charge in [-0.15, -0.1) is 0 Å². The molecule has 2 unspecified atom stereocenters. The van der Waals surface area contributed by atoms with Crippen LogP contribution in [0.3, 0.4) is 0 Å². The molecule has 2 atom stereocenters. The lowest BCUT2D eigenvalue weighted by Crippen LogP contribution is -2.44. The van der Waals surface area contributed by atoms with Crippen LogP contribution in [0.1, 0.15) is 26.2 Å². The fourth-order valence-electron chi connectivity index (χ4n) is 3.58. The molecule has 2 fully saturated rings. The molecule has 2 aliphatic rings. The van der Waals surface area contributed by atoms with Crippen molar-refractivity contribution >= 4 is 21.7 Å². The van der Waals surface area contributed by atoms with Gasteiger partial charge in [0.25, 0.3) is 0 Å². The summed E-state index contributed by atoms with van der Waals surface area (Å²) in [5.41, 5.74) is 0. The Balaban J connectivity index is 1.93. The van der Waals surface area contributed by atoms with E-state index in [1.165, 1.54) is 0 Å². The van der Waals surface area contributed by atoms with Gasteiger partial charge in [0.05, 0.1) is 17.4 Å². The van der Waals surface area contributed by atoms with Gasteiger partial charge >= 0.3 is 0 Å². The van der Waals surface area contributed by atoms with Gasteiger partial charge in [-0.2, -0.15) is 0 Å². The fourth-order valence-corrected chi connectivity index (χ4v) is 5.31. The van der Waals surface area contributed by atoms with E-state index in [4.69, 9.17) is 0 Å². The van der Waals surface area contributed by atoms with Crippen LogP contribution in [-0.4, -0.2) is 92.8 Å². The fraction of sp³-hybridized carbons (Fsp3) is 0.875. The molecule has 0 bridgehead atoms. The van der Waals surface area contributed by atoms with Gasteiger partial charge in [-0.05, 0) is 40.4 Å². The zero-order valence-corrected chi connectivity index (χ0v) is 15.7. The second-order valence-corrected chi connectivity index (χ2v) is 9.31. The third kappa shape index (κ3) is 4.69. The summed E-state index contributed by atoms with van der Waals surface area (Å²) in [4.78, 5) is 30.5. The second kappa shape index (κ2) is 7.82. The predicted octanol–water partition coefficient (Wildman–Crippen LogP) is -0.178. The average molecular weight is 359 g/mol. The normalized spacial score (nSPS) is 26.3. The zero-order valence-electron chi connectivity index (χ0n) is 14.9. The molecule has 0 N–H and O–H groups in total. The van der Waals surface area contributed by atoms with Crippen LogP contribution in [0.25, 0.3) is 0 Å². The number of hydrogen-bond donors (Lipinski definition) is 0. The first-order chi connectivity index (χ1) is 11.2. The van der Waals surface area contributed by atoms with E-state index in [0.717, 1.165) is 13.0 Å². The minimum absolute atomic E-state index is 0.0298. The molecule has 2 heterocycles. The van der Waals surface area contributed by atoms with E-state index in [0.29, 0.717) is 26.1 Å². The molecular weight excluding hydrogens is 330 g/mol. The quantitative estimate of drug-likeness (QED) is 0.630. The highest BCUT2D eigenvalue weighted by atomic mass is 32.2. The molecule has 0 radical (unpaired) electrons. The Hall–Kier alpha value is -1.15. The minimum atomic E-state index is -3.03. The van der Waals surface area contributed by atoms with Crippen molar-refractivity contribution < 1.29 is 18.0 Å². The molecule has 0 spiro atoms. The van der Waals surface area contributed by atoms with Gasteiger partial charge in [-0.1, -0.05) is 0 Å². The first-order valence-corrected chi connectivity index (χ1v) is 10.5. The number of likely N-dealkylation sites (tertiary alicyclic amines) is 1. The summed E-state index contributed by atoms with van der Waals surface area (Å²) in [7, 11) is 0.961. The Morgan fingerprint density at radius 2 is 2.04 bits per heavy atom. The molecule has 0 aromatic heterocycles. The number of hydrogen-bond acceptors (Lipinski definition) is 5. The molecule has 8 heteroatoms. The van der Waals surface area contributed by atoms with E-state index < -0.39 is 9.84 Å². The highest BCUT2D eigenvalue weighted by Gasteiger charge is 2.40. The maximum Gasteiger partial charge on any atom is 0.228 e. The van der Waals surface area contributed by atoms with Crippen molar-refractivity contribution in [2.24, 2.45) is 5.92 Å². The number of nitrogens with zero attached hydrogens (tertiary/aromatic N) is 3. The smallest absolute Gasteiger partial charge is 0.228 e. The lowest BCUT2D eigenvalue weighted by molar-refractivity contribution is -0.137. The van der Waals surface area contributed by atoms with Crippen LogP contribution in [0.4, 0.5) is 0 Å². The first-order valence-electron chi connectivity index (χ1n) is 8.67. The van der Waals surface area contributed by atoms with E-state index in [9.17, 15) is 18.0 Å². The summed E-state index contributed by atoms with van der Waals surface area (Å²) in [6, 6.07) is -0.231. The molecule has 24 heavy (non-hydrogen) atoms. The van der Waals surface area contributed by atoms with Crippen molar-refractivity contribution in [3.05, 3.63) is 0 Å². The van der Waals surface area contributed by atoms with E-state index in [1.807, 2.05) is 21.0 Å². The second-order valence-electron chi connectivity index (χ2n) is 7.08. The maximum absolute atomic E-state index is 12.8. The Labute approximate surface area is 144 Å². The standard InChI is InChI=1S/C16H29N3O4S/c1-4-19(14-6-9-24(22,23)12-14)16(21)13-10-15(20)18(11-13)8-5-7-17(2)3/h13-14H,4-12H2,1-3H3. The van der Waals surface area contributed by atoms with Crippen LogP contribution in [0.2, 0.25) is 0 Å². The Bertz CT molecular complexity index is 576. The van der Waals surface area contributed by atoms with E-state index in [2.05, 4.69) is 4.90 Å². The molecule has 2 aliphatic heterocycles. The van der Waals surface area contributed by atoms with Gasteiger partial charge in [0.15, 0.2) is 9.84 Å². The molecular formula is C16H29N3O4S. The average Bonchev–Trinajstić information content (AvgIpc) is 3.03. The van der Waals surface area contributed by atoms with Crippen LogP contribution >= 0.6 is 0 Å². The number of carbonyl (C=O) groups excluding carboxylic acids is 2. The van der Waals surface area contributed by atoms with Gasteiger partial charge in [0, 0.05) is 32.1 Å². The third-order valence-electron chi connectivity index (χ3n) is 4.87. The highest BCUT2D eigenvalue weighted by molar-refractivity contribution is 7.91. The van der Waals surface area contributed by atoms with E-state index >= 15 is 0 Å². The van der Waals surface area contributed by atoms with Crippen molar-refractivity contribution in [3.8, 4) is 0 Å². The largest absolute Gasteiger partial charge is 0.342 e. The molecule has 2 rings (SSSR count). The summed E-state index contributed by atoms with van der Waals surface area (Å²) in [5, 5.41) is 0. The SMILES string of the molecule is CCN(C(=O)C1CC(=O)N(CCCN(C)C)C1)C1CCS(=O)(=O)C1. The summed E-state index contributed by atoms with van der Waals surface area (Å²) in [6.07, 6.45) is 1.64. The zero-order chi connectivity index (χ0) is 17.9. The number of carbonyl (C=O) groups is 2. The van der Waals surface area contributed by atoms with Crippen LogP contribution in [0, 0.1) is 5.92 Å². The third-order valence-corrected chi connectivity index (χ3v) is 6.62. The van der Waals surface area contributed by atoms with Gasteiger partial charge < -0.3 is 14.7 Å². The van der Waals surface area contributed by atoms with E-state index in [1.54, 1.807) is 9.80 Å². The van der Waals surface area contributed by atoms with Crippen LogP contribution in [0.15, 0.2) is 0 Å². The maximum atomic E-state index is 12.8. The molecule has 2 amide bonds. The Kier molecular flexibility index (Phi) is 6.25. The van der Waals surface area contributed by atoms with Crippen LogP contribution in [-0.2, 0) is 19.4 Å². The molecule has 7 nitrogen and oxygen atoms in total. The van der Waals surface area contributed by atoms with Gasteiger partial charge in [0.1, 0.15) is 0 Å². The van der Waals surface area contributed by atoms with Crippen molar-refractivity contribution in [3.63, 3.8) is 0 Å². The number of sulfone groups is 1. The Morgan fingerprint density at radius 3 is 2.58 bits per heavy atom. The number of rotatable bonds is 7. The van der Waals surface area contributed by atoms with Crippen molar-refractivity contribution in [2.75, 3.05) is 51.8 Å². The minimum Gasteiger partial charge on any atom is -0.342 e. The lowest BCUT2D eigenvalue weighted by Gasteiger charge is -2.29. The molecule has 2 saturated heterocycles. The van der Waals surface area contributed by atoms with Crippen molar-refractivity contribution in [1.29, 1.82) is 0 Å².